The number of ether oxygens (including phenoxy) is 1. The summed E-state index contributed by atoms with van der Waals surface area (Å²) in [6.07, 6.45) is 4.60. The Hall–Kier alpha value is -2.06. The van der Waals surface area contributed by atoms with Gasteiger partial charge in [0.05, 0.1) is 30.6 Å². The van der Waals surface area contributed by atoms with E-state index in [1.54, 1.807) is 35.2 Å². The molecular weight excluding hydrogens is 396 g/mol. The Kier molecular flexibility index (Phi) is 5.59. The molecule has 0 spiro atoms. The van der Waals surface area contributed by atoms with Gasteiger partial charge in [-0.25, -0.2) is 4.98 Å². The summed E-state index contributed by atoms with van der Waals surface area (Å²) >= 11 is 2.85. The number of hydrogen-bond acceptors (Lipinski definition) is 7. The Balaban J connectivity index is 1.79. The maximum atomic E-state index is 13.4. The highest BCUT2D eigenvalue weighted by atomic mass is 32.2. The highest BCUT2D eigenvalue weighted by Crippen LogP contribution is 2.36. The van der Waals surface area contributed by atoms with Crippen LogP contribution in [-0.2, 0) is 28.9 Å². The van der Waals surface area contributed by atoms with Gasteiger partial charge in [0.25, 0.3) is 5.56 Å². The number of esters is 1. The van der Waals surface area contributed by atoms with Crippen LogP contribution in [0.15, 0.2) is 32.8 Å². The summed E-state index contributed by atoms with van der Waals surface area (Å²) in [4.78, 5) is 32.1. The predicted molar refractivity (Wildman–Crippen MR) is 110 cm³/mol. The normalized spacial score (nSPS) is 16.3. The van der Waals surface area contributed by atoms with E-state index in [4.69, 9.17) is 14.1 Å². The summed E-state index contributed by atoms with van der Waals surface area (Å²) in [7, 11) is 0. The third kappa shape index (κ3) is 3.75. The molecular formula is C20H22N2O4S2. The van der Waals surface area contributed by atoms with Crippen molar-refractivity contribution in [2.24, 2.45) is 5.92 Å². The quantitative estimate of drug-likeness (QED) is 0.344. The Morgan fingerprint density at radius 3 is 3.11 bits per heavy atom. The Morgan fingerprint density at radius 1 is 1.50 bits per heavy atom. The number of thioether (sulfide) groups is 1. The molecule has 0 saturated carbocycles. The van der Waals surface area contributed by atoms with Gasteiger partial charge < -0.3 is 9.15 Å². The average Bonchev–Trinajstić information content (AvgIpc) is 3.29. The first kappa shape index (κ1) is 19.3. The van der Waals surface area contributed by atoms with Crippen LogP contribution in [0.5, 0.6) is 0 Å². The fourth-order valence-corrected chi connectivity index (χ4v) is 5.76. The average molecular weight is 419 g/mol. The van der Waals surface area contributed by atoms with Gasteiger partial charge in [-0.3, -0.25) is 14.2 Å². The number of thiophene rings is 1. The van der Waals surface area contributed by atoms with Crippen molar-refractivity contribution < 1.29 is 13.9 Å². The summed E-state index contributed by atoms with van der Waals surface area (Å²) in [6.45, 7) is 4.65. The van der Waals surface area contributed by atoms with Gasteiger partial charge in [-0.15, -0.1) is 11.3 Å². The van der Waals surface area contributed by atoms with Gasteiger partial charge in [0.15, 0.2) is 5.16 Å². The van der Waals surface area contributed by atoms with Gasteiger partial charge in [-0.1, -0.05) is 18.7 Å². The standard InChI is InChI=1S/C20H22N2O4S2/c1-3-25-16(23)11-27-20-21-18-17(14-7-6-12(2)9-15(14)28-18)19(24)22(20)10-13-5-4-8-26-13/h4-5,8,12H,3,6-7,9-11H2,1-2H3/t12-/m1/s1. The minimum atomic E-state index is -0.314. The first-order valence-electron chi connectivity index (χ1n) is 9.42. The minimum absolute atomic E-state index is 0.0557. The monoisotopic (exact) mass is 418 g/mol. The lowest BCUT2D eigenvalue weighted by Gasteiger charge is -2.17. The molecule has 3 aromatic heterocycles. The second-order valence-electron chi connectivity index (χ2n) is 6.99. The number of rotatable bonds is 6. The van der Waals surface area contributed by atoms with Crippen LogP contribution in [0.3, 0.4) is 0 Å². The summed E-state index contributed by atoms with van der Waals surface area (Å²) in [5.41, 5.74) is 1.10. The van der Waals surface area contributed by atoms with E-state index in [1.165, 1.54) is 16.6 Å². The van der Waals surface area contributed by atoms with Gasteiger partial charge in [0.1, 0.15) is 10.6 Å². The van der Waals surface area contributed by atoms with Crippen LogP contribution in [0.4, 0.5) is 0 Å². The van der Waals surface area contributed by atoms with E-state index in [9.17, 15) is 9.59 Å². The van der Waals surface area contributed by atoms with Gasteiger partial charge in [0, 0.05) is 4.88 Å². The van der Waals surface area contributed by atoms with Crippen LogP contribution >= 0.6 is 23.1 Å². The van der Waals surface area contributed by atoms with E-state index < -0.39 is 0 Å². The van der Waals surface area contributed by atoms with Crippen molar-refractivity contribution >= 4 is 39.3 Å². The third-order valence-corrected chi connectivity index (χ3v) is 7.00. The van der Waals surface area contributed by atoms with Crippen molar-refractivity contribution in [3.05, 3.63) is 45.0 Å². The lowest BCUT2D eigenvalue weighted by molar-refractivity contribution is -0.139. The highest BCUT2D eigenvalue weighted by Gasteiger charge is 2.25. The fourth-order valence-electron chi connectivity index (χ4n) is 3.54. The van der Waals surface area contributed by atoms with Crippen LogP contribution in [0.25, 0.3) is 10.2 Å². The van der Waals surface area contributed by atoms with E-state index in [1.807, 2.05) is 6.07 Å². The lowest BCUT2D eigenvalue weighted by atomic mass is 9.89. The van der Waals surface area contributed by atoms with Crippen molar-refractivity contribution in [1.82, 2.24) is 9.55 Å². The molecule has 28 heavy (non-hydrogen) atoms. The largest absolute Gasteiger partial charge is 0.467 e. The van der Waals surface area contributed by atoms with Crippen LogP contribution in [-0.4, -0.2) is 27.9 Å². The number of hydrogen-bond donors (Lipinski definition) is 0. The molecule has 1 atom stereocenters. The second kappa shape index (κ2) is 8.13. The maximum absolute atomic E-state index is 13.4. The van der Waals surface area contributed by atoms with E-state index >= 15 is 0 Å². The van der Waals surface area contributed by atoms with Crippen molar-refractivity contribution in [2.75, 3.05) is 12.4 Å². The Bertz CT molecular complexity index is 1050. The van der Waals surface area contributed by atoms with E-state index in [0.717, 1.165) is 35.0 Å². The van der Waals surface area contributed by atoms with Crippen molar-refractivity contribution in [2.45, 2.75) is 44.8 Å². The summed E-state index contributed by atoms with van der Waals surface area (Å²) in [5.74, 6) is 1.11. The maximum Gasteiger partial charge on any atom is 0.316 e. The number of aryl methyl sites for hydroxylation is 1. The molecule has 3 aromatic rings. The molecule has 0 N–H and O–H groups in total. The zero-order valence-electron chi connectivity index (χ0n) is 15.9. The summed E-state index contributed by atoms with van der Waals surface area (Å²) in [6, 6.07) is 3.63. The first-order valence-corrected chi connectivity index (χ1v) is 11.2. The molecule has 0 bridgehead atoms. The molecule has 148 valence electrons. The van der Waals surface area contributed by atoms with Gasteiger partial charge in [-0.05, 0) is 49.8 Å². The molecule has 6 nitrogen and oxygen atoms in total. The molecule has 8 heteroatoms. The zero-order valence-corrected chi connectivity index (χ0v) is 17.5. The molecule has 0 aliphatic heterocycles. The van der Waals surface area contributed by atoms with Crippen molar-refractivity contribution in [3.8, 4) is 0 Å². The highest BCUT2D eigenvalue weighted by molar-refractivity contribution is 7.99. The number of carbonyl (C=O) groups is 1. The smallest absolute Gasteiger partial charge is 0.316 e. The number of aromatic nitrogens is 2. The second-order valence-corrected chi connectivity index (χ2v) is 9.02. The fraction of sp³-hybridized carbons (Fsp3) is 0.450. The molecule has 0 fully saturated rings. The third-order valence-electron chi connectivity index (χ3n) is 4.90. The molecule has 0 saturated heterocycles. The van der Waals surface area contributed by atoms with Crippen LogP contribution in [0.2, 0.25) is 0 Å². The number of furan rings is 1. The number of fused-ring (bicyclic) bond motifs is 3. The summed E-state index contributed by atoms with van der Waals surface area (Å²) in [5, 5.41) is 1.26. The topological polar surface area (TPSA) is 74.3 Å². The van der Waals surface area contributed by atoms with Gasteiger partial charge >= 0.3 is 5.97 Å². The SMILES string of the molecule is CCOC(=O)CSc1nc2sc3c(c2c(=O)n1Cc1ccco1)CC[C@@H](C)C3. The molecule has 4 rings (SSSR count). The lowest BCUT2D eigenvalue weighted by Crippen LogP contribution is -2.25. The van der Waals surface area contributed by atoms with E-state index in [2.05, 4.69) is 6.92 Å². The van der Waals surface area contributed by atoms with E-state index in [-0.39, 0.29) is 17.3 Å². The summed E-state index contributed by atoms with van der Waals surface area (Å²) < 4.78 is 12.1. The van der Waals surface area contributed by atoms with Crippen molar-refractivity contribution in [1.29, 1.82) is 0 Å². The molecule has 0 amide bonds. The molecule has 0 radical (unpaired) electrons. The molecule has 0 aromatic carbocycles. The van der Waals surface area contributed by atoms with Crippen molar-refractivity contribution in [3.63, 3.8) is 0 Å². The number of nitrogens with zero attached hydrogens (tertiary/aromatic N) is 2. The zero-order chi connectivity index (χ0) is 19.7. The Morgan fingerprint density at radius 2 is 2.36 bits per heavy atom. The van der Waals surface area contributed by atoms with Crippen LogP contribution in [0.1, 0.15) is 36.5 Å². The predicted octanol–water partition coefficient (Wildman–Crippen LogP) is 3.88. The molecule has 1 aliphatic carbocycles. The van der Waals surface area contributed by atoms with E-state index in [0.29, 0.717) is 30.0 Å². The minimum Gasteiger partial charge on any atom is -0.467 e. The molecule has 1 aliphatic rings. The van der Waals surface area contributed by atoms with Crippen LogP contribution in [0, 0.1) is 5.92 Å². The van der Waals surface area contributed by atoms with Crippen LogP contribution < -0.4 is 5.56 Å². The number of carbonyl (C=O) groups excluding carboxylic acids is 1. The molecule has 0 unspecified atom stereocenters. The van der Waals surface area contributed by atoms with Gasteiger partial charge in [0.2, 0.25) is 0 Å². The van der Waals surface area contributed by atoms with Gasteiger partial charge in [-0.2, -0.15) is 0 Å². The Labute approximate surface area is 170 Å². The first-order chi connectivity index (χ1) is 13.6. The molecule has 3 heterocycles.